The van der Waals surface area contributed by atoms with E-state index in [-0.39, 0.29) is 11.4 Å². The van der Waals surface area contributed by atoms with Crippen LogP contribution in [-0.4, -0.2) is 9.97 Å². The van der Waals surface area contributed by atoms with Crippen molar-refractivity contribution in [2.75, 3.05) is 5.73 Å². The summed E-state index contributed by atoms with van der Waals surface area (Å²) in [5.41, 5.74) is 6.59. The average molecular weight is 356 g/mol. The molecule has 0 unspecified atom stereocenters. The lowest BCUT2D eigenvalue weighted by atomic mass is 10.1. The van der Waals surface area contributed by atoms with E-state index in [1.54, 1.807) is 24.3 Å². The highest BCUT2D eigenvalue weighted by Crippen LogP contribution is 2.38. The number of aromatic nitrogens is 2. The van der Waals surface area contributed by atoms with E-state index in [2.05, 4.69) is 25.9 Å². The number of nitrogens with one attached hydrogen (secondary N) is 1. The number of hydrogen-bond acceptors (Lipinski definition) is 2. The summed E-state index contributed by atoms with van der Waals surface area (Å²) in [6, 6.07) is 8.92. The van der Waals surface area contributed by atoms with Crippen molar-refractivity contribution in [1.29, 1.82) is 0 Å². The van der Waals surface area contributed by atoms with Crippen LogP contribution in [0.25, 0.3) is 22.4 Å². The van der Waals surface area contributed by atoms with E-state index in [1.807, 2.05) is 0 Å². The fourth-order valence-corrected chi connectivity index (χ4v) is 2.47. The summed E-state index contributed by atoms with van der Waals surface area (Å²) in [4.78, 5) is 7.08. The van der Waals surface area contributed by atoms with Gasteiger partial charge in [-0.15, -0.1) is 0 Å². The topological polar surface area (TPSA) is 54.7 Å². The summed E-state index contributed by atoms with van der Waals surface area (Å²) in [5.74, 6) is 0.162. The Morgan fingerprint density at radius 1 is 1.10 bits per heavy atom. The first kappa shape index (κ1) is 13.9. The highest BCUT2D eigenvalue weighted by molar-refractivity contribution is 9.10. The molecule has 0 aliphatic heterocycles. The van der Waals surface area contributed by atoms with Crippen LogP contribution < -0.4 is 5.73 Å². The minimum atomic E-state index is -4.46. The van der Waals surface area contributed by atoms with Gasteiger partial charge >= 0.3 is 6.18 Å². The molecule has 0 spiro atoms. The monoisotopic (exact) mass is 355 g/mol. The lowest BCUT2D eigenvalue weighted by Crippen LogP contribution is -2.07. The molecular formula is C14H9BrF3N3. The van der Waals surface area contributed by atoms with Gasteiger partial charge < -0.3 is 10.7 Å². The van der Waals surface area contributed by atoms with Crippen molar-refractivity contribution in [3.05, 3.63) is 46.4 Å². The summed E-state index contributed by atoms with van der Waals surface area (Å²) in [6.07, 6.45) is -4.46. The van der Waals surface area contributed by atoms with Gasteiger partial charge in [-0.3, -0.25) is 0 Å². The number of nitrogen functional groups attached to an aromatic ring is 1. The average Bonchev–Trinajstić information content (AvgIpc) is 2.80. The first-order valence-electron chi connectivity index (χ1n) is 5.97. The van der Waals surface area contributed by atoms with Gasteiger partial charge in [0, 0.05) is 15.7 Å². The summed E-state index contributed by atoms with van der Waals surface area (Å²) < 4.78 is 39.8. The molecule has 0 aliphatic rings. The fourth-order valence-electron chi connectivity index (χ4n) is 2.11. The largest absolute Gasteiger partial charge is 0.417 e. The number of nitrogens with two attached hydrogens (primary N) is 1. The molecule has 0 atom stereocenters. The van der Waals surface area contributed by atoms with Crippen LogP contribution in [-0.2, 0) is 6.18 Å². The molecule has 0 aliphatic carbocycles. The number of rotatable bonds is 1. The molecule has 0 fully saturated rings. The van der Waals surface area contributed by atoms with Gasteiger partial charge in [0.05, 0.1) is 16.6 Å². The molecule has 1 heterocycles. The third-order valence-electron chi connectivity index (χ3n) is 3.05. The van der Waals surface area contributed by atoms with E-state index in [1.165, 1.54) is 6.07 Å². The van der Waals surface area contributed by atoms with E-state index in [4.69, 9.17) is 5.73 Å². The van der Waals surface area contributed by atoms with Crippen LogP contribution in [0, 0.1) is 0 Å². The molecular weight excluding hydrogens is 347 g/mol. The summed E-state index contributed by atoms with van der Waals surface area (Å²) in [6.45, 7) is 0. The van der Waals surface area contributed by atoms with E-state index < -0.39 is 11.7 Å². The number of H-pyrrole nitrogens is 1. The highest BCUT2D eigenvalue weighted by atomic mass is 79.9. The predicted molar refractivity (Wildman–Crippen MR) is 78.6 cm³/mol. The molecule has 3 N–H and O–H groups in total. The maximum atomic E-state index is 13.2. The molecule has 3 nitrogen and oxygen atoms in total. The Morgan fingerprint density at radius 3 is 2.57 bits per heavy atom. The van der Waals surface area contributed by atoms with Crippen LogP contribution in [0.3, 0.4) is 0 Å². The smallest absolute Gasteiger partial charge is 0.399 e. The third kappa shape index (κ3) is 2.61. The van der Waals surface area contributed by atoms with Crippen molar-refractivity contribution in [2.24, 2.45) is 0 Å². The van der Waals surface area contributed by atoms with E-state index in [0.717, 1.165) is 6.07 Å². The Hall–Kier alpha value is -2.02. The number of imidazole rings is 1. The Bertz CT molecular complexity index is 824. The van der Waals surface area contributed by atoms with Gasteiger partial charge in [-0.1, -0.05) is 15.9 Å². The van der Waals surface area contributed by atoms with Crippen LogP contribution in [0.5, 0.6) is 0 Å². The van der Waals surface area contributed by atoms with Crippen molar-refractivity contribution >= 4 is 32.7 Å². The second-order valence-electron chi connectivity index (χ2n) is 4.55. The second-order valence-corrected chi connectivity index (χ2v) is 5.47. The number of halogens is 4. The van der Waals surface area contributed by atoms with Crippen LogP contribution in [0.15, 0.2) is 40.9 Å². The van der Waals surface area contributed by atoms with E-state index in [0.29, 0.717) is 21.2 Å². The number of anilines is 1. The number of aromatic amines is 1. The normalized spacial score (nSPS) is 12.0. The van der Waals surface area contributed by atoms with Crippen LogP contribution >= 0.6 is 15.9 Å². The van der Waals surface area contributed by atoms with Crippen molar-refractivity contribution < 1.29 is 13.2 Å². The quantitative estimate of drug-likeness (QED) is 0.627. The maximum absolute atomic E-state index is 13.2. The van der Waals surface area contributed by atoms with Crippen molar-refractivity contribution in [3.8, 4) is 11.4 Å². The minimum absolute atomic E-state index is 0.000437. The summed E-state index contributed by atoms with van der Waals surface area (Å²) >= 11 is 3.06. The van der Waals surface area contributed by atoms with Gasteiger partial charge in [-0.25, -0.2) is 4.98 Å². The zero-order valence-corrected chi connectivity index (χ0v) is 12.1. The number of fused-ring (bicyclic) bond motifs is 1. The number of nitrogens with zero attached hydrogens (tertiary/aromatic N) is 1. The second kappa shape index (κ2) is 4.77. The molecule has 0 amide bonds. The first-order valence-corrected chi connectivity index (χ1v) is 6.76. The van der Waals surface area contributed by atoms with Crippen LogP contribution in [0.2, 0.25) is 0 Å². The molecule has 1 aromatic heterocycles. The van der Waals surface area contributed by atoms with Crippen molar-refractivity contribution in [3.63, 3.8) is 0 Å². The first-order chi connectivity index (χ1) is 9.84. The molecule has 0 saturated heterocycles. The molecule has 3 rings (SSSR count). The Morgan fingerprint density at radius 2 is 1.86 bits per heavy atom. The molecule has 0 radical (unpaired) electrons. The van der Waals surface area contributed by atoms with Gasteiger partial charge in [0.15, 0.2) is 0 Å². The van der Waals surface area contributed by atoms with Gasteiger partial charge in [-0.05, 0) is 36.4 Å². The molecule has 21 heavy (non-hydrogen) atoms. The minimum Gasteiger partial charge on any atom is -0.399 e. The van der Waals surface area contributed by atoms with Gasteiger partial charge in [0.2, 0.25) is 0 Å². The van der Waals surface area contributed by atoms with Crippen LogP contribution in [0.4, 0.5) is 18.9 Å². The number of alkyl halides is 3. The SMILES string of the molecule is Nc1ccc2nc(-c3ccc(Br)cc3C(F)(F)F)[nH]c2c1. The Labute approximate surface area is 126 Å². The van der Waals surface area contributed by atoms with Crippen molar-refractivity contribution in [1.82, 2.24) is 9.97 Å². The lowest BCUT2D eigenvalue weighted by Gasteiger charge is -2.11. The third-order valence-corrected chi connectivity index (χ3v) is 3.54. The van der Waals surface area contributed by atoms with Gasteiger partial charge in [0.25, 0.3) is 0 Å². The molecule has 7 heteroatoms. The fraction of sp³-hybridized carbons (Fsp3) is 0.0714. The van der Waals surface area contributed by atoms with Gasteiger partial charge in [-0.2, -0.15) is 13.2 Å². The van der Waals surface area contributed by atoms with Gasteiger partial charge in [0.1, 0.15) is 5.82 Å². The van der Waals surface area contributed by atoms with E-state index in [9.17, 15) is 13.2 Å². The van der Waals surface area contributed by atoms with Crippen LogP contribution in [0.1, 0.15) is 5.56 Å². The van der Waals surface area contributed by atoms with Crippen molar-refractivity contribution in [2.45, 2.75) is 6.18 Å². The Balaban J connectivity index is 2.22. The molecule has 0 saturated carbocycles. The summed E-state index contributed by atoms with van der Waals surface area (Å²) in [5, 5.41) is 0. The zero-order chi connectivity index (χ0) is 15.2. The predicted octanol–water partition coefficient (Wildman–Crippen LogP) is 4.59. The molecule has 2 aromatic carbocycles. The molecule has 3 aromatic rings. The highest BCUT2D eigenvalue weighted by Gasteiger charge is 2.34. The lowest BCUT2D eigenvalue weighted by molar-refractivity contribution is -0.137. The molecule has 108 valence electrons. The zero-order valence-electron chi connectivity index (χ0n) is 10.5. The Kier molecular flexibility index (Phi) is 3.16. The summed E-state index contributed by atoms with van der Waals surface area (Å²) in [7, 11) is 0. The maximum Gasteiger partial charge on any atom is 0.417 e. The number of benzene rings is 2. The number of hydrogen-bond donors (Lipinski definition) is 2. The molecule has 0 bridgehead atoms. The standard InChI is InChI=1S/C14H9BrF3N3/c15-7-1-3-9(10(5-7)14(16,17)18)13-20-11-4-2-8(19)6-12(11)21-13/h1-6H,19H2,(H,20,21). The van der Waals surface area contributed by atoms with E-state index >= 15 is 0 Å².